The molecule has 6 heteroatoms. The first kappa shape index (κ1) is 13.8. The molecule has 1 saturated heterocycles. The Balaban J connectivity index is 2.20. The van der Waals surface area contributed by atoms with Gasteiger partial charge in [0.1, 0.15) is 18.0 Å². The fourth-order valence-electron chi connectivity index (χ4n) is 2.28. The van der Waals surface area contributed by atoms with Gasteiger partial charge in [0, 0.05) is 33.0 Å². The maximum absolute atomic E-state index is 13.6. The van der Waals surface area contributed by atoms with Gasteiger partial charge in [-0.2, -0.15) is 0 Å². The summed E-state index contributed by atoms with van der Waals surface area (Å²) in [6, 6.07) is 4.10. The fourth-order valence-corrected chi connectivity index (χ4v) is 2.28. The Labute approximate surface area is 110 Å². The molecule has 1 aliphatic rings. The molecule has 1 aromatic rings. The summed E-state index contributed by atoms with van der Waals surface area (Å²) in [5.74, 6) is -2.00. The lowest BCUT2D eigenvalue weighted by Crippen LogP contribution is -2.27. The van der Waals surface area contributed by atoms with Gasteiger partial charge in [-0.05, 0) is 18.2 Å². The highest BCUT2D eigenvalue weighted by Gasteiger charge is 2.33. The smallest absolute Gasteiger partial charge is 0.338 e. The van der Waals surface area contributed by atoms with Crippen molar-refractivity contribution in [1.82, 2.24) is 0 Å². The van der Waals surface area contributed by atoms with Gasteiger partial charge in [0.2, 0.25) is 0 Å². The second kappa shape index (κ2) is 5.54. The minimum absolute atomic E-state index is 0.0767. The largest absolute Gasteiger partial charge is 0.478 e. The number of ether oxygens (including phenoxy) is 2. The van der Waals surface area contributed by atoms with Crippen molar-refractivity contribution < 1.29 is 23.8 Å². The molecule has 1 N–H and O–H groups in total. The normalized spacial score (nSPS) is 22.8. The number of methoxy groups -OCH3 is 2. The summed E-state index contributed by atoms with van der Waals surface area (Å²) in [5, 5.41) is 8.79. The molecule has 2 unspecified atom stereocenters. The van der Waals surface area contributed by atoms with Gasteiger partial charge in [0.05, 0.1) is 5.56 Å². The number of carboxylic acids is 1. The van der Waals surface area contributed by atoms with E-state index in [1.54, 1.807) is 20.3 Å². The van der Waals surface area contributed by atoms with Gasteiger partial charge in [-0.3, -0.25) is 0 Å². The fraction of sp³-hybridized carbons (Fsp3) is 0.462. The van der Waals surface area contributed by atoms with Gasteiger partial charge in [-0.1, -0.05) is 0 Å². The average Bonchev–Trinajstić information content (AvgIpc) is 2.81. The van der Waals surface area contributed by atoms with Gasteiger partial charge < -0.3 is 19.5 Å². The summed E-state index contributed by atoms with van der Waals surface area (Å²) in [7, 11) is 3.21. The monoisotopic (exact) mass is 269 g/mol. The maximum atomic E-state index is 13.6. The predicted octanol–water partition coefficient (Wildman–Crippen LogP) is 1.37. The number of anilines is 1. The van der Waals surface area contributed by atoms with Crippen LogP contribution in [0.3, 0.4) is 0 Å². The molecule has 0 aliphatic carbocycles. The molecule has 104 valence electrons. The molecule has 19 heavy (non-hydrogen) atoms. The first-order chi connectivity index (χ1) is 9.06. The van der Waals surface area contributed by atoms with Crippen LogP contribution in [-0.4, -0.2) is 50.6 Å². The second-order valence-corrected chi connectivity index (χ2v) is 4.42. The number of nitrogens with zero attached hydrogens (tertiary/aromatic N) is 1. The van der Waals surface area contributed by atoms with Crippen LogP contribution < -0.4 is 4.90 Å². The van der Waals surface area contributed by atoms with E-state index in [-0.39, 0.29) is 17.8 Å². The van der Waals surface area contributed by atoms with E-state index in [2.05, 4.69) is 0 Å². The minimum atomic E-state index is -1.27. The number of hydrogen-bond acceptors (Lipinski definition) is 4. The predicted molar refractivity (Wildman–Crippen MR) is 67.2 cm³/mol. The van der Waals surface area contributed by atoms with Crippen LogP contribution >= 0.6 is 0 Å². The first-order valence-electron chi connectivity index (χ1n) is 5.90. The number of carbonyl (C=O) groups is 1. The van der Waals surface area contributed by atoms with Gasteiger partial charge in [-0.25, -0.2) is 9.18 Å². The molecule has 0 saturated carbocycles. The van der Waals surface area contributed by atoms with Gasteiger partial charge in [0.25, 0.3) is 0 Å². The lowest BCUT2D eigenvalue weighted by atomic mass is 10.2. The van der Waals surface area contributed by atoms with Crippen molar-refractivity contribution in [3.63, 3.8) is 0 Å². The molecule has 2 rings (SSSR count). The summed E-state index contributed by atoms with van der Waals surface area (Å²) in [6.45, 7) is 1.17. The van der Waals surface area contributed by atoms with E-state index in [9.17, 15) is 9.18 Å². The third kappa shape index (κ3) is 2.69. The van der Waals surface area contributed by atoms with E-state index in [1.807, 2.05) is 4.90 Å². The second-order valence-electron chi connectivity index (χ2n) is 4.42. The van der Waals surface area contributed by atoms with Gasteiger partial charge in [0.15, 0.2) is 0 Å². The molecule has 0 spiro atoms. The van der Waals surface area contributed by atoms with Crippen molar-refractivity contribution in [1.29, 1.82) is 0 Å². The number of rotatable bonds is 4. The van der Waals surface area contributed by atoms with Crippen LogP contribution in [-0.2, 0) is 9.47 Å². The Morgan fingerprint density at radius 1 is 1.32 bits per heavy atom. The van der Waals surface area contributed by atoms with Crippen molar-refractivity contribution in [3.8, 4) is 0 Å². The summed E-state index contributed by atoms with van der Waals surface area (Å²) in [4.78, 5) is 12.7. The van der Waals surface area contributed by atoms with Crippen LogP contribution in [0.5, 0.6) is 0 Å². The van der Waals surface area contributed by atoms with Gasteiger partial charge in [-0.15, -0.1) is 0 Å². The summed E-state index contributed by atoms with van der Waals surface area (Å²) < 4.78 is 24.3. The highest BCUT2D eigenvalue weighted by molar-refractivity contribution is 5.88. The Bertz CT molecular complexity index is 468. The van der Waals surface area contributed by atoms with Crippen LogP contribution in [0.1, 0.15) is 10.4 Å². The van der Waals surface area contributed by atoms with E-state index in [4.69, 9.17) is 14.6 Å². The third-order valence-electron chi connectivity index (χ3n) is 3.37. The van der Waals surface area contributed by atoms with Crippen LogP contribution in [0.15, 0.2) is 18.2 Å². The Morgan fingerprint density at radius 2 is 1.89 bits per heavy atom. The van der Waals surface area contributed by atoms with Crippen LogP contribution in [0.25, 0.3) is 0 Å². The van der Waals surface area contributed by atoms with Crippen molar-refractivity contribution in [2.45, 2.75) is 12.2 Å². The van der Waals surface area contributed by atoms with Crippen LogP contribution in [0, 0.1) is 5.82 Å². The number of aromatic carboxylic acids is 1. The molecule has 0 aromatic heterocycles. The quantitative estimate of drug-likeness (QED) is 0.894. The van der Waals surface area contributed by atoms with E-state index < -0.39 is 11.8 Å². The van der Waals surface area contributed by atoms with Crippen molar-refractivity contribution in [2.24, 2.45) is 0 Å². The molecule has 1 fully saturated rings. The van der Waals surface area contributed by atoms with Gasteiger partial charge >= 0.3 is 5.97 Å². The molecule has 0 bridgehead atoms. The van der Waals surface area contributed by atoms with E-state index in [0.717, 1.165) is 0 Å². The number of carboxylic acid groups (broad SMARTS) is 1. The topological polar surface area (TPSA) is 59.0 Å². The molecular weight excluding hydrogens is 253 g/mol. The zero-order valence-electron chi connectivity index (χ0n) is 10.8. The number of benzene rings is 1. The molecule has 0 amide bonds. The van der Waals surface area contributed by atoms with E-state index in [0.29, 0.717) is 18.8 Å². The molecule has 2 atom stereocenters. The molecular formula is C13H16FNO4. The Morgan fingerprint density at radius 3 is 2.32 bits per heavy atom. The Kier molecular flexibility index (Phi) is 4.01. The van der Waals surface area contributed by atoms with Crippen molar-refractivity contribution in [3.05, 3.63) is 29.6 Å². The van der Waals surface area contributed by atoms with E-state index >= 15 is 0 Å². The lowest BCUT2D eigenvalue weighted by molar-refractivity contribution is -0.00461. The Hall–Kier alpha value is -1.66. The third-order valence-corrected chi connectivity index (χ3v) is 3.37. The van der Waals surface area contributed by atoms with Crippen LogP contribution in [0.2, 0.25) is 0 Å². The zero-order chi connectivity index (χ0) is 14.0. The highest BCUT2D eigenvalue weighted by Crippen LogP contribution is 2.25. The summed E-state index contributed by atoms with van der Waals surface area (Å²) >= 11 is 0. The summed E-state index contributed by atoms with van der Waals surface area (Å²) in [5.41, 5.74) is 0.304. The number of hydrogen-bond donors (Lipinski definition) is 1. The van der Waals surface area contributed by atoms with Crippen LogP contribution in [0.4, 0.5) is 10.1 Å². The highest BCUT2D eigenvalue weighted by atomic mass is 19.1. The molecule has 1 aromatic carbocycles. The minimum Gasteiger partial charge on any atom is -0.478 e. The van der Waals surface area contributed by atoms with E-state index in [1.165, 1.54) is 12.1 Å². The summed E-state index contributed by atoms with van der Waals surface area (Å²) in [6.07, 6.45) is -0.153. The SMILES string of the molecule is COC1CN(c2ccc(C(=O)O)c(F)c2)CC1OC. The molecule has 5 nitrogen and oxygen atoms in total. The lowest BCUT2D eigenvalue weighted by Gasteiger charge is -2.18. The van der Waals surface area contributed by atoms with Crippen molar-refractivity contribution >= 4 is 11.7 Å². The average molecular weight is 269 g/mol. The number of halogens is 1. The maximum Gasteiger partial charge on any atom is 0.338 e. The first-order valence-corrected chi connectivity index (χ1v) is 5.90. The molecule has 1 heterocycles. The zero-order valence-corrected chi connectivity index (χ0v) is 10.8. The standard InChI is InChI=1S/C13H16FNO4/c1-18-11-6-15(7-12(11)19-2)8-3-4-9(13(16)17)10(14)5-8/h3-5,11-12H,6-7H2,1-2H3,(H,16,17). The van der Waals surface area contributed by atoms with Crippen molar-refractivity contribution in [2.75, 3.05) is 32.2 Å². The molecule has 1 aliphatic heterocycles. The molecule has 0 radical (unpaired) electrons.